The highest BCUT2D eigenvalue weighted by Crippen LogP contribution is 2.39. The molecule has 0 aliphatic heterocycles. The molecule has 0 spiro atoms. The monoisotopic (exact) mass is 195 g/mol. The Balaban J connectivity index is 2.11. The molecule has 2 unspecified atom stereocenters. The van der Waals surface area contributed by atoms with E-state index < -0.39 is 0 Å². The van der Waals surface area contributed by atoms with E-state index in [1.54, 1.807) is 0 Å². The van der Waals surface area contributed by atoms with Crippen LogP contribution in [0.4, 0.5) is 0 Å². The summed E-state index contributed by atoms with van der Waals surface area (Å²) in [6, 6.07) is 0. The molecule has 78 valence electrons. The van der Waals surface area contributed by atoms with Crippen LogP contribution in [0.3, 0.4) is 0 Å². The predicted molar refractivity (Wildman–Crippen MR) is 53.1 cm³/mol. The van der Waals surface area contributed by atoms with Crippen molar-refractivity contribution in [3.63, 3.8) is 0 Å². The highest BCUT2D eigenvalue weighted by Gasteiger charge is 2.40. The number of hydrogen-bond acceptors (Lipinski definition) is 3. The molecule has 0 amide bonds. The van der Waals surface area contributed by atoms with Crippen LogP contribution in [-0.2, 0) is 17.6 Å². The Morgan fingerprint density at radius 1 is 1.64 bits per heavy atom. The zero-order chi connectivity index (χ0) is 10.2. The van der Waals surface area contributed by atoms with Crippen molar-refractivity contribution in [2.45, 2.75) is 39.7 Å². The molecule has 3 heteroatoms. The van der Waals surface area contributed by atoms with E-state index in [2.05, 4.69) is 18.8 Å². The minimum absolute atomic E-state index is 0.165. The second kappa shape index (κ2) is 3.39. The van der Waals surface area contributed by atoms with Gasteiger partial charge in [-0.2, -0.15) is 0 Å². The summed E-state index contributed by atoms with van der Waals surface area (Å²) in [4.78, 5) is 4.21. The van der Waals surface area contributed by atoms with Crippen LogP contribution in [0, 0.1) is 5.41 Å². The lowest BCUT2D eigenvalue weighted by Crippen LogP contribution is -2.33. The van der Waals surface area contributed by atoms with Crippen LogP contribution >= 0.6 is 0 Å². The van der Waals surface area contributed by atoms with Gasteiger partial charge in [-0.15, -0.1) is 0 Å². The first-order valence-electron chi connectivity index (χ1n) is 5.18. The quantitative estimate of drug-likeness (QED) is 0.741. The van der Waals surface area contributed by atoms with Crippen molar-refractivity contribution in [3.8, 4) is 0 Å². The van der Waals surface area contributed by atoms with E-state index in [0.29, 0.717) is 0 Å². The average molecular weight is 195 g/mol. The molecule has 0 saturated heterocycles. The number of hydrogen-bond donors (Lipinski definition) is 0. The summed E-state index contributed by atoms with van der Waals surface area (Å²) in [5.41, 5.74) is 1.28. The first-order chi connectivity index (χ1) is 6.65. The molecular formula is C11H17NO2. The third-order valence-corrected chi connectivity index (χ3v) is 3.26. The average Bonchev–Trinajstić information content (AvgIpc) is 2.63. The van der Waals surface area contributed by atoms with Gasteiger partial charge in [-0.25, -0.2) is 4.98 Å². The van der Waals surface area contributed by atoms with E-state index in [0.717, 1.165) is 30.9 Å². The number of ether oxygens (including phenoxy) is 1. The maximum atomic E-state index is 5.66. The smallest absolute Gasteiger partial charge is 0.181 e. The van der Waals surface area contributed by atoms with Crippen LogP contribution in [0.5, 0.6) is 0 Å². The van der Waals surface area contributed by atoms with E-state index >= 15 is 0 Å². The molecule has 0 aromatic carbocycles. The number of fused-ring (bicyclic) bond motifs is 1. The van der Waals surface area contributed by atoms with Crippen molar-refractivity contribution < 1.29 is 9.15 Å². The van der Waals surface area contributed by atoms with Gasteiger partial charge in [0.2, 0.25) is 0 Å². The minimum atomic E-state index is 0.165. The number of oxazole rings is 1. The van der Waals surface area contributed by atoms with Gasteiger partial charge in [0, 0.05) is 24.9 Å². The summed E-state index contributed by atoms with van der Waals surface area (Å²) >= 11 is 0. The molecule has 0 bridgehead atoms. The third kappa shape index (κ3) is 1.46. The molecule has 0 radical (unpaired) electrons. The van der Waals surface area contributed by atoms with Crippen LogP contribution < -0.4 is 0 Å². The zero-order valence-electron chi connectivity index (χ0n) is 9.04. The fourth-order valence-electron chi connectivity index (χ4n) is 2.13. The van der Waals surface area contributed by atoms with E-state index in [1.807, 2.05) is 6.92 Å². The first-order valence-corrected chi connectivity index (χ1v) is 5.18. The van der Waals surface area contributed by atoms with E-state index in [1.165, 1.54) is 6.39 Å². The van der Waals surface area contributed by atoms with Crippen molar-refractivity contribution in [1.82, 2.24) is 4.98 Å². The Morgan fingerprint density at radius 2 is 2.43 bits per heavy atom. The Bertz CT molecular complexity index is 298. The Kier molecular flexibility index (Phi) is 2.35. The zero-order valence-corrected chi connectivity index (χ0v) is 9.04. The molecule has 1 aliphatic rings. The topological polar surface area (TPSA) is 35.3 Å². The molecule has 0 N–H and O–H groups in total. The van der Waals surface area contributed by atoms with Crippen LogP contribution in [0.1, 0.15) is 32.2 Å². The SMILES string of the molecule is CCOC(C)C1(C)Cc2ncoc2C1. The normalized spacial score (nSPS) is 27.6. The molecule has 1 aliphatic carbocycles. The second-order valence-corrected chi connectivity index (χ2v) is 4.33. The van der Waals surface area contributed by atoms with Gasteiger partial charge >= 0.3 is 0 Å². The van der Waals surface area contributed by atoms with Crippen molar-refractivity contribution in [2.24, 2.45) is 5.41 Å². The van der Waals surface area contributed by atoms with Gasteiger partial charge in [-0.05, 0) is 13.8 Å². The maximum Gasteiger partial charge on any atom is 0.181 e. The van der Waals surface area contributed by atoms with Crippen molar-refractivity contribution in [2.75, 3.05) is 6.61 Å². The van der Waals surface area contributed by atoms with Crippen LogP contribution in [0.25, 0.3) is 0 Å². The van der Waals surface area contributed by atoms with Gasteiger partial charge in [-0.3, -0.25) is 0 Å². The Hall–Kier alpha value is -0.830. The lowest BCUT2D eigenvalue weighted by atomic mass is 9.82. The van der Waals surface area contributed by atoms with Crippen LogP contribution in [0.15, 0.2) is 10.8 Å². The molecule has 2 rings (SSSR count). The number of aromatic nitrogens is 1. The standard InChI is InChI=1S/C11H17NO2/c1-4-13-8(2)11(3)5-9-10(6-11)14-7-12-9/h7-8H,4-6H2,1-3H3. The summed E-state index contributed by atoms with van der Waals surface area (Å²) < 4.78 is 11.0. The van der Waals surface area contributed by atoms with Gasteiger partial charge in [0.05, 0.1) is 11.8 Å². The fourth-order valence-corrected chi connectivity index (χ4v) is 2.13. The van der Waals surface area contributed by atoms with Crippen molar-refractivity contribution in [3.05, 3.63) is 17.8 Å². The van der Waals surface area contributed by atoms with Gasteiger partial charge in [0.1, 0.15) is 5.76 Å². The first kappa shape index (κ1) is 9.71. The third-order valence-electron chi connectivity index (χ3n) is 3.26. The molecule has 1 aromatic heterocycles. The Labute approximate surface area is 84.5 Å². The second-order valence-electron chi connectivity index (χ2n) is 4.33. The Morgan fingerprint density at radius 3 is 3.07 bits per heavy atom. The summed E-state index contributed by atoms with van der Waals surface area (Å²) in [5.74, 6) is 1.04. The molecule has 0 fully saturated rings. The maximum absolute atomic E-state index is 5.66. The van der Waals surface area contributed by atoms with Crippen molar-refractivity contribution >= 4 is 0 Å². The lowest BCUT2D eigenvalue weighted by molar-refractivity contribution is -0.0123. The largest absolute Gasteiger partial charge is 0.448 e. The molecule has 1 heterocycles. The summed E-state index contributed by atoms with van der Waals surface area (Å²) in [6.45, 7) is 7.18. The summed E-state index contributed by atoms with van der Waals surface area (Å²) in [7, 11) is 0. The summed E-state index contributed by atoms with van der Waals surface area (Å²) in [6.07, 6.45) is 3.72. The van der Waals surface area contributed by atoms with Gasteiger partial charge in [-0.1, -0.05) is 6.92 Å². The van der Waals surface area contributed by atoms with Crippen LogP contribution in [-0.4, -0.2) is 17.7 Å². The van der Waals surface area contributed by atoms with Crippen molar-refractivity contribution in [1.29, 1.82) is 0 Å². The molecular weight excluding hydrogens is 178 g/mol. The van der Waals surface area contributed by atoms with Gasteiger partial charge in [0.15, 0.2) is 6.39 Å². The number of rotatable bonds is 3. The highest BCUT2D eigenvalue weighted by molar-refractivity contribution is 5.20. The molecule has 14 heavy (non-hydrogen) atoms. The molecule has 2 atom stereocenters. The summed E-state index contributed by atoms with van der Waals surface area (Å²) in [5, 5.41) is 0. The van der Waals surface area contributed by atoms with E-state index in [9.17, 15) is 0 Å². The van der Waals surface area contributed by atoms with Gasteiger partial charge < -0.3 is 9.15 Å². The van der Waals surface area contributed by atoms with E-state index in [-0.39, 0.29) is 11.5 Å². The fraction of sp³-hybridized carbons (Fsp3) is 0.727. The van der Waals surface area contributed by atoms with E-state index in [4.69, 9.17) is 9.15 Å². The van der Waals surface area contributed by atoms with Gasteiger partial charge in [0.25, 0.3) is 0 Å². The predicted octanol–water partition coefficient (Wildman–Crippen LogP) is 2.20. The minimum Gasteiger partial charge on any atom is -0.448 e. The lowest BCUT2D eigenvalue weighted by Gasteiger charge is -2.30. The molecule has 0 saturated carbocycles. The molecule has 3 nitrogen and oxygen atoms in total. The van der Waals surface area contributed by atoms with Crippen LogP contribution in [0.2, 0.25) is 0 Å². The molecule has 1 aromatic rings. The highest BCUT2D eigenvalue weighted by atomic mass is 16.5. The number of nitrogens with zero attached hydrogens (tertiary/aromatic N) is 1.